The predicted molar refractivity (Wildman–Crippen MR) is 96.7 cm³/mol. The van der Waals surface area contributed by atoms with E-state index in [1.807, 2.05) is 12.1 Å². The molecule has 1 aliphatic rings. The largest absolute Gasteiger partial charge is 0.394 e. The van der Waals surface area contributed by atoms with Gasteiger partial charge in [-0.25, -0.2) is 4.39 Å². The highest BCUT2D eigenvalue weighted by Gasteiger charge is 2.30. The van der Waals surface area contributed by atoms with Gasteiger partial charge in [0.25, 0.3) is 0 Å². The van der Waals surface area contributed by atoms with Crippen LogP contribution >= 0.6 is 0 Å². The van der Waals surface area contributed by atoms with Gasteiger partial charge in [0.2, 0.25) is 0 Å². The minimum Gasteiger partial charge on any atom is -0.394 e. The zero-order chi connectivity index (χ0) is 17.9. The second-order valence-electron chi connectivity index (χ2n) is 6.43. The van der Waals surface area contributed by atoms with E-state index >= 15 is 0 Å². The number of aliphatic hydroxyl groups is 2. The summed E-state index contributed by atoms with van der Waals surface area (Å²) in [5, 5.41) is 20.5. The summed E-state index contributed by atoms with van der Waals surface area (Å²) in [6.45, 7) is 1.04. The van der Waals surface area contributed by atoms with Crippen molar-refractivity contribution in [1.82, 2.24) is 0 Å². The van der Waals surface area contributed by atoms with Gasteiger partial charge in [0.05, 0.1) is 12.6 Å². The highest BCUT2D eigenvalue weighted by Crippen LogP contribution is 2.32. The molecule has 1 fully saturated rings. The van der Waals surface area contributed by atoms with Gasteiger partial charge in [-0.15, -0.1) is 6.42 Å². The fourth-order valence-electron chi connectivity index (χ4n) is 3.45. The normalized spacial score (nSPS) is 19.9. The number of terminal acetylenes is 1. The van der Waals surface area contributed by atoms with Gasteiger partial charge >= 0.3 is 0 Å². The number of piperidine rings is 1. The summed E-state index contributed by atoms with van der Waals surface area (Å²) in [5.41, 5.74) is 0.407. The second kappa shape index (κ2) is 7.26. The molecule has 130 valence electrons. The van der Waals surface area contributed by atoms with Crippen molar-refractivity contribution in [2.24, 2.45) is 0 Å². The van der Waals surface area contributed by atoms with Gasteiger partial charge in [-0.1, -0.05) is 30.2 Å². The SMILES string of the molecule is C#CC(O)(c1ccc(F)cc1)c1ccc(N2CCCCC2CO)cc1. The molecular formula is C21H22FNO2. The molecule has 1 aliphatic heterocycles. The monoisotopic (exact) mass is 339 g/mol. The fourth-order valence-corrected chi connectivity index (χ4v) is 3.45. The van der Waals surface area contributed by atoms with Crippen LogP contribution < -0.4 is 4.90 Å². The van der Waals surface area contributed by atoms with Crippen LogP contribution in [0.2, 0.25) is 0 Å². The summed E-state index contributed by atoms with van der Waals surface area (Å²) in [4.78, 5) is 2.19. The molecule has 0 aliphatic carbocycles. The third kappa shape index (κ3) is 3.39. The van der Waals surface area contributed by atoms with E-state index in [-0.39, 0.29) is 18.5 Å². The number of aliphatic hydroxyl groups excluding tert-OH is 1. The standard InChI is InChI=1S/C21H22FNO2/c1-2-21(25,16-6-10-18(22)11-7-16)17-8-12-19(13-9-17)23-14-4-3-5-20(23)15-24/h1,6-13,20,24-25H,3-5,14-15H2. The lowest BCUT2D eigenvalue weighted by Gasteiger charge is -2.36. The Morgan fingerprint density at radius 1 is 1.08 bits per heavy atom. The summed E-state index contributed by atoms with van der Waals surface area (Å²) < 4.78 is 13.2. The number of hydrogen-bond donors (Lipinski definition) is 2. The van der Waals surface area contributed by atoms with E-state index in [4.69, 9.17) is 6.42 Å². The maximum atomic E-state index is 13.2. The summed E-state index contributed by atoms with van der Waals surface area (Å²) in [7, 11) is 0. The minimum absolute atomic E-state index is 0.128. The smallest absolute Gasteiger partial charge is 0.176 e. The van der Waals surface area contributed by atoms with Crippen LogP contribution in [-0.2, 0) is 5.60 Å². The molecule has 3 rings (SSSR count). The number of rotatable bonds is 4. The molecule has 25 heavy (non-hydrogen) atoms. The molecule has 1 saturated heterocycles. The average Bonchev–Trinajstić information content (AvgIpc) is 2.68. The quantitative estimate of drug-likeness (QED) is 0.842. The lowest BCUT2D eigenvalue weighted by atomic mass is 9.87. The third-order valence-corrected chi connectivity index (χ3v) is 4.93. The van der Waals surface area contributed by atoms with Crippen LogP contribution in [0.3, 0.4) is 0 Å². The number of hydrogen-bond acceptors (Lipinski definition) is 3. The van der Waals surface area contributed by atoms with Crippen molar-refractivity contribution in [3.8, 4) is 12.3 Å². The van der Waals surface area contributed by atoms with E-state index in [1.165, 1.54) is 24.3 Å². The maximum absolute atomic E-state index is 13.2. The van der Waals surface area contributed by atoms with Crippen LogP contribution in [0.1, 0.15) is 30.4 Å². The second-order valence-corrected chi connectivity index (χ2v) is 6.43. The van der Waals surface area contributed by atoms with Gasteiger partial charge in [-0.05, 0) is 43.5 Å². The number of halogens is 1. The van der Waals surface area contributed by atoms with Crippen LogP contribution in [0.25, 0.3) is 0 Å². The first-order chi connectivity index (χ1) is 12.1. The van der Waals surface area contributed by atoms with Crippen molar-refractivity contribution >= 4 is 5.69 Å². The Morgan fingerprint density at radius 2 is 1.68 bits per heavy atom. The minimum atomic E-state index is -1.61. The van der Waals surface area contributed by atoms with Gasteiger partial charge in [0.1, 0.15) is 5.82 Å². The van der Waals surface area contributed by atoms with Crippen LogP contribution in [0.4, 0.5) is 10.1 Å². The van der Waals surface area contributed by atoms with E-state index in [1.54, 1.807) is 12.1 Å². The Kier molecular flexibility index (Phi) is 5.08. The van der Waals surface area contributed by atoms with Gasteiger partial charge in [-0.2, -0.15) is 0 Å². The van der Waals surface area contributed by atoms with Gasteiger partial charge < -0.3 is 15.1 Å². The molecule has 0 radical (unpaired) electrons. The molecule has 2 aromatic rings. The molecule has 2 aromatic carbocycles. The molecule has 1 heterocycles. The van der Waals surface area contributed by atoms with Crippen LogP contribution in [0, 0.1) is 18.2 Å². The first-order valence-corrected chi connectivity index (χ1v) is 8.52. The van der Waals surface area contributed by atoms with Gasteiger partial charge in [0, 0.05) is 23.4 Å². The van der Waals surface area contributed by atoms with Crippen molar-refractivity contribution in [1.29, 1.82) is 0 Å². The maximum Gasteiger partial charge on any atom is 0.176 e. The molecule has 2 N–H and O–H groups in total. The molecule has 2 unspecified atom stereocenters. The van der Waals surface area contributed by atoms with Crippen molar-refractivity contribution < 1.29 is 14.6 Å². The average molecular weight is 339 g/mol. The van der Waals surface area contributed by atoms with Crippen molar-refractivity contribution in [2.75, 3.05) is 18.1 Å². The molecule has 0 saturated carbocycles. The van der Waals surface area contributed by atoms with Gasteiger partial charge in [-0.3, -0.25) is 0 Å². The van der Waals surface area contributed by atoms with Crippen LogP contribution in [-0.4, -0.2) is 29.4 Å². The van der Waals surface area contributed by atoms with E-state index < -0.39 is 5.60 Å². The summed E-state index contributed by atoms with van der Waals surface area (Å²) in [6.07, 6.45) is 8.80. The molecule has 4 heteroatoms. The molecule has 0 amide bonds. The first-order valence-electron chi connectivity index (χ1n) is 8.52. The van der Waals surface area contributed by atoms with Crippen LogP contribution in [0.5, 0.6) is 0 Å². The molecular weight excluding hydrogens is 317 g/mol. The highest BCUT2D eigenvalue weighted by molar-refractivity contribution is 5.53. The van der Waals surface area contributed by atoms with Crippen molar-refractivity contribution in [2.45, 2.75) is 30.9 Å². The lowest BCUT2D eigenvalue weighted by molar-refractivity contribution is 0.145. The molecule has 3 nitrogen and oxygen atoms in total. The highest BCUT2D eigenvalue weighted by atomic mass is 19.1. The Bertz CT molecular complexity index is 751. The van der Waals surface area contributed by atoms with E-state index in [9.17, 15) is 14.6 Å². The zero-order valence-corrected chi connectivity index (χ0v) is 14.0. The predicted octanol–water partition coefficient (Wildman–Crippen LogP) is 3.05. The third-order valence-electron chi connectivity index (χ3n) is 4.93. The Balaban J connectivity index is 1.90. The van der Waals surface area contributed by atoms with E-state index in [0.29, 0.717) is 11.1 Å². The van der Waals surface area contributed by atoms with Gasteiger partial charge in [0.15, 0.2) is 5.60 Å². The zero-order valence-electron chi connectivity index (χ0n) is 14.0. The van der Waals surface area contributed by atoms with E-state index in [0.717, 1.165) is 31.5 Å². The Morgan fingerprint density at radius 3 is 2.24 bits per heavy atom. The molecule has 0 bridgehead atoms. The van der Waals surface area contributed by atoms with Crippen molar-refractivity contribution in [3.63, 3.8) is 0 Å². The lowest BCUT2D eigenvalue weighted by Crippen LogP contribution is -2.41. The fraction of sp³-hybridized carbons (Fsp3) is 0.333. The Hall–Kier alpha value is -2.35. The summed E-state index contributed by atoms with van der Waals surface area (Å²) >= 11 is 0. The first kappa shape index (κ1) is 17.5. The van der Waals surface area contributed by atoms with Crippen molar-refractivity contribution in [3.05, 3.63) is 65.5 Å². The topological polar surface area (TPSA) is 43.7 Å². The molecule has 0 spiro atoms. The Labute approximate surface area is 147 Å². The van der Waals surface area contributed by atoms with E-state index in [2.05, 4.69) is 10.8 Å². The molecule has 0 aromatic heterocycles. The summed E-state index contributed by atoms with van der Waals surface area (Å²) in [5.74, 6) is 2.05. The number of nitrogens with zero attached hydrogens (tertiary/aromatic N) is 1. The van der Waals surface area contributed by atoms with Crippen LogP contribution in [0.15, 0.2) is 48.5 Å². The summed E-state index contributed by atoms with van der Waals surface area (Å²) in [6, 6.07) is 13.1. The number of benzene rings is 2. The molecule has 2 atom stereocenters. The number of anilines is 1.